The van der Waals surface area contributed by atoms with E-state index in [4.69, 9.17) is 23.2 Å². The number of carbonyl (C=O) groups excluding carboxylic acids is 1. The first-order chi connectivity index (χ1) is 6.66. The second-order valence-corrected chi connectivity index (χ2v) is 3.92. The van der Waals surface area contributed by atoms with Crippen molar-refractivity contribution >= 4 is 29.1 Å². The maximum atomic E-state index is 11.7. The average molecular weight is 231 g/mol. The van der Waals surface area contributed by atoms with Gasteiger partial charge in [0, 0.05) is 18.7 Å². The number of halogens is 2. The van der Waals surface area contributed by atoms with Crippen molar-refractivity contribution < 1.29 is 4.79 Å². The number of nitrogens with zero attached hydrogens (tertiary/aromatic N) is 2. The first-order valence-corrected chi connectivity index (χ1v) is 5.05. The van der Waals surface area contributed by atoms with Crippen LogP contribution in [0.2, 0.25) is 10.3 Å². The van der Waals surface area contributed by atoms with Gasteiger partial charge in [-0.15, -0.1) is 0 Å². The van der Waals surface area contributed by atoms with Crippen LogP contribution in [0.15, 0.2) is 12.1 Å². The van der Waals surface area contributed by atoms with Crippen LogP contribution in [-0.2, 0) is 0 Å². The Morgan fingerprint density at radius 1 is 1.29 bits per heavy atom. The molecule has 0 saturated carbocycles. The fourth-order valence-corrected chi connectivity index (χ4v) is 1.75. The minimum absolute atomic E-state index is 0.0255. The molecule has 1 aliphatic heterocycles. The molecule has 1 aromatic heterocycles. The Bertz CT molecular complexity index is 357. The average Bonchev–Trinajstić information content (AvgIpc) is 1.98. The summed E-state index contributed by atoms with van der Waals surface area (Å²) in [7, 11) is 0. The standard InChI is InChI=1S/C9H8Cl2N2O/c10-7-4-6(5-8(11)12-7)9(14)13-2-1-3-13/h4-5H,1-3H2. The van der Waals surface area contributed by atoms with Crippen LogP contribution < -0.4 is 0 Å². The molecule has 14 heavy (non-hydrogen) atoms. The van der Waals surface area contributed by atoms with Crippen LogP contribution in [0.25, 0.3) is 0 Å². The summed E-state index contributed by atoms with van der Waals surface area (Å²) < 4.78 is 0. The van der Waals surface area contributed by atoms with Crippen LogP contribution in [0.4, 0.5) is 0 Å². The molecule has 1 fully saturated rings. The number of hydrogen-bond acceptors (Lipinski definition) is 2. The van der Waals surface area contributed by atoms with Crippen molar-refractivity contribution in [1.82, 2.24) is 9.88 Å². The van der Waals surface area contributed by atoms with Gasteiger partial charge in [-0.25, -0.2) is 4.98 Å². The smallest absolute Gasteiger partial charge is 0.254 e. The lowest BCUT2D eigenvalue weighted by molar-refractivity contribution is 0.0651. The zero-order valence-corrected chi connectivity index (χ0v) is 8.85. The van der Waals surface area contributed by atoms with Gasteiger partial charge in [-0.3, -0.25) is 4.79 Å². The van der Waals surface area contributed by atoms with Crippen molar-refractivity contribution in [2.75, 3.05) is 13.1 Å². The van der Waals surface area contributed by atoms with E-state index in [2.05, 4.69) is 4.98 Å². The maximum absolute atomic E-state index is 11.7. The van der Waals surface area contributed by atoms with Gasteiger partial charge in [0.05, 0.1) is 0 Å². The van der Waals surface area contributed by atoms with Crippen molar-refractivity contribution in [3.05, 3.63) is 28.0 Å². The van der Waals surface area contributed by atoms with E-state index in [0.717, 1.165) is 19.5 Å². The number of hydrogen-bond donors (Lipinski definition) is 0. The first kappa shape index (κ1) is 9.74. The molecule has 2 heterocycles. The third kappa shape index (κ3) is 1.83. The zero-order chi connectivity index (χ0) is 10.1. The number of pyridine rings is 1. The summed E-state index contributed by atoms with van der Waals surface area (Å²) in [4.78, 5) is 17.2. The monoisotopic (exact) mass is 230 g/mol. The van der Waals surface area contributed by atoms with Gasteiger partial charge in [-0.2, -0.15) is 0 Å². The largest absolute Gasteiger partial charge is 0.339 e. The predicted molar refractivity (Wildman–Crippen MR) is 54.8 cm³/mol. The van der Waals surface area contributed by atoms with E-state index in [1.54, 1.807) is 4.90 Å². The lowest BCUT2D eigenvalue weighted by atomic mass is 10.1. The molecule has 0 atom stereocenters. The molecule has 1 aliphatic rings. The number of rotatable bonds is 1. The summed E-state index contributed by atoms with van der Waals surface area (Å²) in [5, 5.41) is 0.503. The van der Waals surface area contributed by atoms with E-state index in [1.165, 1.54) is 12.1 Å². The van der Waals surface area contributed by atoms with E-state index in [-0.39, 0.29) is 16.2 Å². The first-order valence-electron chi connectivity index (χ1n) is 4.29. The van der Waals surface area contributed by atoms with Crippen LogP contribution in [0.1, 0.15) is 16.8 Å². The Labute approximate surface area is 91.6 Å². The van der Waals surface area contributed by atoms with Gasteiger partial charge < -0.3 is 4.90 Å². The minimum Gasteiger partial charge on any atom is -0.339 e. The second kappa shape index (κ2) is 3.75. The quantitative estimate of drug-likeness (QED) is 0.694. The third-order valence-corrected chi connectivity index (χ3v) is 2.54. The fourth-order valence-electron chi connectivity index (χ4n) is 1.29. The SMILES string of the molecule is O=C(c1cc(Cl)nc(Cl)c1)N1CCC1. The number of likely N-dealkylation sites (tertiary alicyclic amines) is 1. The lowest BCUT2D eigenvalue weighted by Gasteiger charge is -2.30. The summed E-state index contributed by atoms with van der Waals surface area (Å²) in [6, 6.07) is 3.07. The van der Waals surface area contributed by atoms with Crippen LogP contribution >= 0.6 is 23.2 Å². The highest BCUT2D eigenvalue weighted by Crippen LogP contribution is 2.18. The summed E-state index contributed by atoms with van der Waals surface area (Å²) in [5.41, 5.74) is 0.509. The van der Waals surface area contributed by atoms with Gasteiger partial charge >= 0.3 is 0 Å². The van der Waals surface area contributed by atoms with E-state index in [0.29, 0.717) is 5.56 Å². The Morgan fingerprint density at radius 2 is 1.86 bits per heavy atom. The normalized spacial score (nSPS) is 15.1. The van der Waals surface area contributed by atoms with Crippen molar-refractivity contribution in [1.29, 1.82) is 0 Å². The van der Waals surface area contributed by atoms with Gasteiger partial charge in [-0.1, -0.05) is 23.2 Å². The molecule has 1 amide bonds. The van der Waals surface area contributed by atoms with Crippen LogP contribution in [0, 0.1) is 0 Å². The van der Waals surface area contributed by atoms with E-state index < -0.39 is 0 Å². The van der Waals surface area contributed by atoms with E-state index in [9.17, 15) is 4.79 Å². The molecule has 2 rings (SSSR count). The molecular weight excluding hydrogens is 223 g/mol. The Balaban J connectivity index is 2.26. The molecule has 1 aromatic rings. The van der Waals surface area contributed by atoms with Crippen molar-refractivity contribution in [2.24, 2.45) is 0 Å². The van der Waals surface area contributed by atoms with E-state index >= 15 is 0 Å². The molecule has 3 nitrogen and oxygen atoms in total. The zero-order valence-electron chi connectivity index (χ0n) is 7.33. The van der Waals surface area contributed by atoms with Gasteiger partial charge in [0.1, 0.15) is 10.3 Å². The molecule has 0 bridgehead atoms. The Kier molecular flexibility index (Phi) is 2.61. The Morgan fingerprint density at radius 3 is 2.29 bits per heavy atom. The molecule has 0 N–H and O–H groups in total. The molecule has 74 valence electrons. The lowest BCUT2D eigenvalue weighted by Crippen LogP contribution is -2.42. The molecule has 0 unspecified atom stereocenters. The van der Waals surface area contributed by atoms with Gasteiger partial charge in [0.25, 0.3) is 5.91 Å². The number of amides is 1. The van der Waals surface area contributed by atoms with Gasteiger partial charge in [0.2, 0.25) is 0 Å². The Hall–Kier alpha value is -0.800. The fraction of sp³-hybridized carbons (Fsp3) is 0.333. The summed E-state index contributed by atoms with van der Waals surface area (Å²) in [5.74, 6) is -0.0255. The van der Waals surface area contributed by atoms with Crippen molar-refractivity contribution in [2.45, 2.75) is 6.42 Å². The molecular formula is C9H8Cl2N2O. The van der Waals surface area contributed by atoms with Crippen LogP contribution in [0.3, 0.4) is 0 Å². The van der Waals surface area contributed by atoms with Crippen molar-refractivity contribution in [3.63, 3.8) is 0 Å². The molecule has 0 aromatic carbocycles. The summed E-state index contributed by atoms with van der Waals surface area (Å²) in [6.45, 7) is 1.63. The molecule has 0 spiro atoms. The molecule has 1 saturated heterocycles. The van der Waals surface area contributed by atoms with Crippen LogP contribution in [0.5, 0.6) is 0 Å². The number of aromatic nitrogens is 1. The van der Waals surface area contributed by atoms with Crippen molar-refractivity contribution in [3.8, 4) is 0 Å². The predicted octanol–water partition coefficient (Wildman–Crippen LogP) is 2.23. The molecule has 0 radical (unpaired) electrons. The number of carbonyl (C=O) groups is 1. The highest BCUT2D eigenvalue weighted by atomic mass is 35.5. The third-order valence-electron chi connectivity index (χ3n) is 2.15. The topological polar surface area (TPSA) is 33.2 Å². The second-order valence-electron chi connectivity index (χ2n) is 3.15. The highest BCUT2D eigenvalue weighted by molar-refractivity contribution is 6.33. The molecule has 5 heteroatoms. The molecule has 0 aliphatic carbocycles. The van der Waals surface area contributed by atoms with Crippen LogP contribution in [-0.4, -0.2) is 28.9 Å². The summed E-state index contributed by atoms with van der Waals surface area (Å²) >= 11 is 11.4. The maximum Gasteiger partial charge on any atom is 0.254 e. The van der Waals surface area contributed by atoms with E-state index in [1.807, 2.05) is 0 Å². The summed E-state index contributed by atoms with van der Waals surface area (Å²) in [6.07, 6.45) is 1.07. The highest BCUT2D eigenvalue weighted by Gasteiger charge is 2.22. The minimum atomic E-state index is -0.0255. The van der Waals surface area contributed by atoms with Gasteiger partial charge in [-0.05, 0) is 18.6 Å². The van der Waals surface area contributed by atoms with Gasteiger partial charge in [0.15, 0.2) is 0 Å².